The first-order valence-corrected chi connectivity index (χ1v) is 9.26. The Hall–Kier alpha value is -2.67. The second-order valence-corrected chi connectivity index (χ2v) is 7.04. The van der Waals surface area contributed by atoms with Crippen molar-refractivity contribution in [2.45, 2.75) is 39.2 Å². The van der Waals surface area contributed by atoms with Crippen molar-refractivity contribution < 1.29 is 13.8 Å². The summed E-state index contributed by atoms with van der Waals surface area (Å²) < 4.78 is 10.7. The van der Waals surface area contributed by atoms with Crippen LogP contribution >= 0.6 is 11.6 Å². The number of halogens is 1. The maximum atomic E-state index is 13.5. The summed E-state index contributed by atoms with van der Waals surface area (Å²) in [7, 11) is 0. The quantitative estimate of drug-likeness (QED) is 0.664. The van der Waals surface area contributed by atoms with E-state index in [2.05, 4.69) is 15.3 Å². The highest BCUT2D eigenvalue weighted by molar-refractivity contribution is 6.33. The Bertz CT molecular complexity index is 981. The summed E-state index contributed by atoms with van der Waals surface area (Å²) in [4.78, 5) is 19.6. The SMILES string of the molecule is Cc1noc([C@H]2CCCCN2C(=O)c2c(-c3ccccc3Cl)noc2C)n1. The summed E-state index contributed by atoms with van der Waals surface area (Å²) in [5, 5.41) is 8.49. The van der Waals surface area contributed by atoms with Crippen LogP contribution in [0.25, 0.3) is 11.3 Å². The third-order valence-corrected chi connectivity index (χ3v) is 5.13. The maximum absolute atomic E-state index is 13.5. The molecule has 7 nitrogen and oxygen atoms in total. The van der Waals surface area contributed by atoms with Crippen molar-refractivity contribution >= 4 is 17.5 Å². The summed E-state index contributed by atoms with van der Waals surface area (Å²) >= 11 is 6.32. The lowest BCUT2D eigenvalue weighted by molar-refractivity contribution is 0.0560. The van der Waals surface area contributed by atoms with Crippen LogP contribution in [-0.4, -0.2) is 32.6 Å². The standard InChI is InChI=1S/C19H19ClN4O3/c1-11-16(17(23-26-11)13-7-3-4-8-14(13)20)19(25)24-10-6-5-9-15(24)18-21-12(2)22-27-18/h3-4,7-8,15H,5-6,9-10H2,1-2H3/t15-/m1/s1. The van der Waals surface area contributed by atoms with Gasteiger partial charge in [-0.3, -0.25) is 4.79 Å². The molecule has 1 atom stereocenters. The van der Waals surface area contributed by atoms with Gasteiger partial charge in [0.2, 0.25) is 5.89 Å². The monoisotopic (exact) mass is 386 g/mol. The second kappa shape index (κ2) is 7.15. The molecule has 1 aromatic carbocycles. The van der Waals surface area contributed by atoms with E-state index in [0.29, 0.717) is 45.9 Å². The molecule has 140 valence electrons. The Labute approximate surface area is 161 Å². The molecule has 0 saturated carbocycles. The van der Waals surface area contributed by atoms with E-state index >= 15 is 0 Å². The van der Waals surface area contributed by atoms with Crippen LogP contribution in [0.4, 0.5) is 0 Å². The zero-order valence-corrected chi connectivity index (χ0v) is 15.9. The van der Waals surface area contributed by atoms with E-state index in [-0.39, 0.29) is 11.9 Å². The van der Waals surface area contributed by atoms with E-state index in [0.717, 1.165) is 19.3 Å². The Balaban J connectivity index is 1.74. The summed E-state index contributed by atoms with van der Waals surface area (Å²) in [5.41, 5.74) is 1.54. The topological polar surface area (TPSA) is 85.3 Å². The molecular formula is C19H19ClN4O3. The third-order valence-electron chi connectivity index (χ3n) is 4.80. The molecule has 3 heterocycles. The smallest absolute Gasteiger partial charge is 0.260 e. The van der Waals surface area contributed by atoms with Gasteiger partial charge in [0.15, 0.2) is 5.82 Å². The van der Waals surface area contributed by atoms with E-state index in [1.807, 2.05) is 18.2 Å². The number of carbonyl (C=O) groups excluding carboxylic acids is 1. The van der Waals surface area contributed by atoms with Crippen molar-refractivity contribution in [1.82, 2.24) is 20.2 Å². The highest BCUT2D eigenvalue weighted by Gasteiger charge is 2.35. The lowest BCUT2D eigenvalue weighted by Gasteiger charge is -2.33. The zero-order chi connectivity index (χ0) is 19.0. The van der Waals surface area contributed by atoms with Gasteiger partial charge in [0.05, 0.1) is 5.02 Å². The van der Waals surface area contributed by atoms with E-state index in [1.54, 1.807) is 24.8 Å². The van der Waals surface area contributed by atoms with E-state index in [9.17, 15) is 4.79 Å². The summed E-state index contributed by atoms with van der Waals surface area (Å²) in [5.74, 6) is 1.32. The van der Waals surface area contributed by atoms with Gasteiger partial charge in [0.1, 0.15) is 23.1 Å². The highest BCUT2D eigenvalue weighted by Crippen LogP contribution is 2.36. The van der Waals surface area contributed by atoms with Crippen molar-refractivity contribution in [1.29, 1.82) is 0 Å². The maximum Gasteiger partial charge on any atom is 0.260 e. The first-order valence-electron chi connectivity index (χ1n) is 8.88. The largest absolute Gasteiger partial charge is 0.360 e. The number of hydrogen-bond donors (Lipinski definition) is 0. The van der Waals surface area contributed by atoms with Crippen LogP contribution in [-0.2, 0) is 0 Å². The minimum atomic E-state index is -0.249. The first-order chi connectivity index (χ1) is 13.1. The fourth-order valence-electron chi connectivity index (χ4n) is 3.48. The van der Waals surface area contributed by atoms with Gasteiger partial charge in [-0.25, -0.2) is 0 Å². The fraction of sp³-hybridized carbons (Fsp3) is 0.368. The molecular weight excluding hydrogens is 368 g/mol. The van der Waals surface area contributed by atoms with Crippen LogP contribution in [0.15, 0.2) is 33.3 Å². The number of nitrogens with zero attached hydrogens (tertiary/aromatic N) is 4. The number of carbonyl (C=O) groups is 1. The normalized spacial score (nSPS) is 17.3. The molecule has 0 radical (unpaired) electrons. The number of likely N-dealkylation sites (tertiary alicyclic amines) is 1. The molecule has 0 spiro atoms. The highest BCUT2D eigenvalue weighted by atomic mass is 35.5. The van der Waals surface area contributed by atoms with E-state index in [4.69, 9.17) is 20.6 Å². The average molecular weight is 387 g/mol. The summed E-state index contributed by atoms with van der Waals surface area (Å²) in [6.45, 7) is 4.11. The van der Waals surface area contributed by atoms with Crippen LogP contribution in [0.5, 0.6) is 0 Å². The molecule has 27 heavy (non-hydrogen) atoms. The minimum Gasteiger partial charge on any atom is -0.360 e. The fourth-order valence-corrected chi connectivity index (χ4v) is 3.71. The van der Waals surface area contributed by atoms with Crippen molar-refractivity contribution in [3.05, 3.63) is 52.3 Å². The number of piperidine rings is 1. The number of rotatable bonds is 3. The van der Waals surface area contributed by atoms with Gasteiger partial charge in [-0.05, 0) is 39.2 Å². The summed E-state index contributed by atoms with van der Waals surface area (Å²) in [6, 6.07) is 7.02. The summed E-state index contributed by atoms with van der Waals surface area (Å²) in [6.07, 6.45) is 2.69. The van der Waals surface area contributed by atoms with Gasteiger partial charge in [0.25, 0.3) is 5.91 Å². The molecule has 1 fully saturated rings. The van der Waals surface area contributed by atoms with Gasteiger partial charge in [-0.2, -0.15) is 4.98 Å². The first kappa shape index (κ1) is 17.7. The Morgan fingerprint density at radius 2 is 2.00 bits per heavy atom. The molecule has 0 aliphatic carbocycles. The minimum absolute atomic E-state index is 0.163. The van der Waals surface area contributed by atoms with Crippen LogP contribution < -0.4 is 0 Å². The van der Waals surface area contributed by atoms with Crippen molar-refractivity contribution in [3.63, 3.8) is 0 Å². The Morgan fingerprint density at radius 3 is 2.74 bits per heavy atom. The van der Waals surface area contributed by atoms with Crippen molar-refractivity contribution in [3.8, 4) is 11.3 Å². The van der Waals surface area contributed by atoms with Gasteiger partial charge in [0, 0.05) is 12.1 Å². The predicted molar refractivity (Wildman–Crippen MR) is 98.3 cm³/mol. The van der Waals surface area contributed by atoms with Gasteiger partial charge < -0.3 is 13.9 Å². The third kappa shape index (κ3) is 3.23. The molecule has 2 aromatic heterocycles. The molecule has 0 bridgehead atoms. The van der Waals surface area contributed by atoms with Crippen LogP contribution in [0.1, 0.15) is 53.1 Å². The Morgan fingerprint density at radius 1 is 1.19 bits per heavy atom. The van der Waals surface area contributed by atoms with Gasteiger partial charge in [-0.15, -0.1) is 0 Å². The zero-order valence-electron chi connectivity index (χ0n) is 15.1. The average Bonchev–Trinajstić information content (AvgIpc) is 3.27. The molecule has 1 aliphatic heterocycles. The molecule has 1 saturated heterocycles. The number of aromatic nitrogens is 3. The number of benzene rings is 1. The molecule has 0 unspecified atom stereocenters. The molecule has 1 amide bonds. The lowest BCUT2D eigenvalue weighted by atomic mass is 9.99. The Kier molecular flexibility index (Phi) is 4.70. The molecule has 3 aromatic rings. The lowest BCUT2D eigenvalue weighted by Crippen LogP contribution is -2.39. The molecule has 0 N–H and O–H groups in total. The van der Waals surface area contributed by atoms with E-state index < -0.39 is 0 Å². The van der Waals surface area contributed by atoms with Crippen LogP contribution in [0, 0.1) is 13.8 Å². The number of amides is 1. The van der Waals surface area contributed by atoms with E-state index in [1.165, 1.54) is 0 Å². The molecule has 1 aliphatic rings. The number of aryl methyl sites for hydroxylation is 2. The molecule has 8 heteroatoms. The van der Waals surface area contributed by atoms with Gasteiger partial charge in [-0.1, -0.05) is 40.1 Å². The van der Waals surface area contributed by atoms with Crippen molar-refractivity contribution in [2.24, 2.45) is 0 Å². The van der Waals surface area contributed by atoms with Crippen LogP contribution in [0.2, 0.25) is 5.02 Å². The van der Waals surface area contributed by atoms with Gasteiger partial charge >= 0.3 is 0 Å². The molecule has 4 rings (SSSR count). The second-order valence-electron chi connectivity index (χ2n) is 6.63. The van der Waals surface area contributed by atoms with Crippen molar-refractivity contribution in [2.75, 3.05) is 6.54 Å². The predicted octanol–water partition coefficient (Wildman–Crippen LogP) is 4.36. The number of hydrogen-bond acceptors (Lipinski definition) is 6. The van der Waals surface area contributed by atoms with Crippen LogP contribution in [0.3, 0.4) is 0 Å².